The second-order valence-electron chi connectivity index (χ2n) is 4.35. The summed E-state index contributed by atoms with van der Waals surface area (Å²) in [6.07, 6.45) is 0. The number of hydrogen-bond donors (Lipinski definition) is 2. The van der Waals surface area contributed by atoms with E-state index in [9.17, 15) is 8.42 Å². The van der Waals surface area contributed by atoms with Gasteiger partial charge in [0.2, 0.25) is 0 Å². The molecule has 0 aliphatic rings. The van der Waals surface area contributed by atoms with Gasteiger partial charge in [-0.05, 0) is 26.0 Å². The van der Waals surface area contributed by atoms with Gasteiger partial charge in [-0.1, -0.05) is 0 Å². The Labute approximate surface area is 106 Å². The molecule has 0 bridgehead atoms. The molecule has 0 aliphatic carbocycles. The number of ether oxygens (including phenoxy) is 1. The average molecular weight is 278 g/mol. The molecule has 0 aromatic carbocycles. The van der Waals surface area contributed by atoms with Crippen molar-refractivity contribution in [3.05, 3.63) is 17.0 Å². The molecule has 1 aromatic heterocycles. The summed E-state index contributed by atoms with van der Waals surface area (Å²) in [5.41, 5.74) is 4.82. The molecule has 3 N–H and O–H groups in total. The lowest BCUT2D eigenvalue weighted by Crippen LogP contribution is -2.46. The first kappa shape index (κ1) is 14.6. The predicted molar refractivity (Wildman–Crippen MR) is 68.5 cm³/mol. The molecule has 98 valence electrons. The van der Waals surface area contributed by atoms with Crippen LogP contribution in [-0.2, 0) is 21.3 Å². The van der Waals surface area contributed by atoms with Crippen LogP contribution in [-0.4, -0.2) is 27.7 Å². The molecule has 0 atom stereocenters. The second-order valence-corrected chi connectivity index (χ2v) is 7.42. The fourth-order valence-corrected chi connectivity index (χ4v) is 4.05. The summed E-state index contributed by atoms with van der Waals surface area (Å²) < 4.78 is 32.0. The summed E-state index contributed by atoms with van der Waals surface area (Å²) in [4.78, 5) is 0.843. The van der Waals surface area contributed by atoms with Crippen LogP contribution in [0.3, 0.4) is 0 Å². The Morgan fingerprint density at radius 3 is 2.59 bits per heavy atom. The van der Waals surface area contributed by atoms with Gasteiger partial charge in [-0.3, -0.25) is 0 Å². The highest BCUT2D eigenvalue weighted by atomic mass is 32.2. The first-order chi connectivity index (χ1) is 7.80. The van der Waals surface area contributed by atoms with E-state index in [2.05, 4.69) is 4.72 Å². The van der Waals surface area contributed by atoms with Crippen molar-refractivity contribution < 1.29 is 13.2 Å². The van der Waals surface area contributed by atoms with Crippen molar-refractivity contribution >= 4 is 21.4 Å². The summed E-state index contributed by atoms with van der Waals surface area (Å²) in [6.45, 7) is 4.19. The molecule has 0 spiro atoms. The normalized spacial score (nSPS) is 12.9. The van der Waals surface area contributed by atoms with Gasteiger partial charge in [0.1, 0.15) is 4.21 Å². The number of nitrogens with one attached hydrogen (secondary N) is 1. The maximum Gasteiger partial charge on any atom is 0.250 e. The zero-order valence-corrected chi connectivity index (χ0v) is 11.8. The van der Waals surface area contributed by atoms with E-state index in [0.29, 0.717) is 13.2 Å². The molecule has 0 aliphatic heterocycles. The summed E-state index contributed by atoms with van der Waals surface area (Å²) in [7, 11) is -1.96. The van der Waals surface area contributed by atoms with E-state index in [0.717, 1.165) is 4.88 Å². The van der Waals surface area contributed by atoms with E-state index in [1.54, 1.807) is 26.0 Å². The van der Waals surface area contributed by atoms with Crippen LogP contribution in [0.25, 0.3) is 0 Å². The highest BCUT2D eigenvalue weighted by Gasteiger charge is 2.27. The SMILES string of the molecule is COCC(C)(C)NS(=O)(=O)c1ccc(CN)s1. The number of methoxy groups -OCH3 is 1. The quantitative estimate of drug-likeness (QED) is 0.810. The first-order valence-electron chi connectivity index (χ1n) is 5.12. The molecule has 0 saturated carbocycles. The Kier molecular flexibility index (Phi) is 4.68. The first-order valence-corrected chi connectivity index (χ1v) is 7.42. The molecule has 0 saturated heterocycles. The lowest BCUT2D eigenvalue weighted by molar-refractivity contribution is 0.141. The molecule has 1 heterocycles. The smallest absolute Gasteiger partial charge is 0.250 e. The number of nitrogens with two attached hydrogens (primary N) is 1. The van der Waals surface area contributed by atoms with E-state index >= 15 is 0 Å². The third kappa shape index (κ3) is 4.04. The minimum Gasteiger partial charge on any atom is -0.383 e. The minimum atomic E-state index is -3.50. The molecule has 0 fully saturated rings. The minimum absolute atomic E-state index is 0.280. The Morgan fingerprint density at radius 1 is 1.47 bits per heavy atom. The zero-order chi connectivity index (χ0) is 13.1. The van der Waals surface area contributed by atoms with Crippen LogP contribution in [0.2, 0.25) is 0 Å². The molecule has 17 heavy (non-hydrogen) atoms. The number of hydrogen-bond acceptors (Lipinski definition) is 5. The van der Waals surface area contributed by atoms with Gasteiger partial charge < -0.3 is 10.5 Å². The molecule has 0 amide bonds. The van der Waals surface area contributed by atoms with Crippen LogP contribution in [0.1, 0.15) is 18.7 Å². The summed E-state index contributed by atoms with van der Waals surface area (Å²) in [5.74, 6) is 0. The third-order valence-electron chi connectivity index (χ3n) is 2.02. The fourth-order valence-electron chi connectivity index (χ4n) is 1.42. The predicted octanol–water partition coefficient (Wildman–Crippen LogP) is 0.910. The highest BCUT2D eigenvalue weighted by molar-refractivity contribution is 7.91. The van der Waals surface area contributed by atoms with Crippen LogP contribution in [0, 0.1) is 0 Å². The van der Waals surface area contributed by atoms with Crippen LogP contribution < -0.4 is 10.5 Å². The van der Waals surface area contributed by atoms with Crippen molar-refractivity contribution in [3.8, 4) is 0 Å². The largest absolute Gasteiger partial charge is 0.383 e. The van der Waals surface area contributed by atoms with Gasteiger partial charge in [0.15, 0.2) is 0 Å². The van der Waals surface area contributed by atoms with Gasteiger partial charge in [-0.15, -0.1) is 11.3 Å². The second kappa shape index (κ2) is 5.45. The molecule has 1 rings (SSSR count). The summed E-state index contributed by atoms with van der Waals surface area (Å²) >= 11 is 1.18. The molecule has 5 nitrogen and oxygen atoms in total. The lowest BCUT2D eigenvalue weighted by atomic mass is 10.1. The Morgan fingerprint density at radius 2 is 2.12 bits per heavy atom. The number of rotatable bonds is 6. The van der Waals surface area contributed by atoms with E-state index in [4.69, 9.17) is 10.5 Å². The van der Waals surface area contributed by atoms with E-state index in [-0.39, 0.29) is 4.21 Å². The molecular formula is C10H18N2O3S2. The lowest BCUT2D eigenvalue weighted by Gasteiger charge is -2.24. The molecular weight excluding hydrogens is 260 g/mol. The maximum absolute atomic E-state index is 12.1. The zero-order valence-electron chi connectivity index (χ0n) is 10.2. The van der Waals surface area contributed by atoms with Gasteiger partial charge in [0.05, 0.1) is 12.1 Å². The van der Waals surface area contributed by atoms with Crippen molar-refractivity contribution in [2.24, 2.45) is 5.73 Å². The standard InChI is InChI=1S/C10H18N2O3S2/c1-10(2,7-15-3)12-17(13,14)9-5-4-8(6-11)16-9/h4-5,12H,6-7,11H2,1-3H3. The van der Waals surface area contributed by atoms with Crippen molar-refractivity contribution in [2.45, 2.75) is 30.1 Å². The topological polar surface area (TPSA) is 81.4 Å². The van der Waals surface area contributed by atoms with E-state index < -0.39 is 15.6 Å². The molecule has 0 unspecified atom stereocenters. The average Bonchev–Trinajstić information content (AvgIpc) is 2.64. The van der Waals surface area contributed by atoms with Gasteiger partial charge in [0, 0.05) is 18.5 Å². The monoisotopic (exact) mass is 278 g/mol. The van der Waals surface area contributed by atoms with Crippen LogP contribution in [0.4, 0.5) is 0 Å². The third-order valence-corrected chi connectivity index (χ3v) is 5.32. The van der Waals surface area contributed by atoms with Gasteiger partial charge >= 0.3 is 0 Å². The molecule has 1 aromatic rings. The van der Waals surface area contributed by atoms with Crippen LogP contribution in [0.5, 0.6) is 0 Å². The van der Waals surface area contributed by atoms with E-state index in [1.165, 1.54) is 18.4 Å². The number of sulfonamides is 1. The Balaban J connectivity index is 2.88. The Bertz CT molecular complexity index is 466. The van der Waals surface area contributed by atoms with Crippen molar-refractivity contribution in [3.63, 3.8) is 0 Å². The maximum atomic E-state index is 12.1. The number of thiophene rings is 1. The molecule has 7 heteroatoms. The van der Waals surface area contributed by atoms with Gasteiger partial charge in [0.25, 0.3) is 10.0 Å². The van der Waals surface area contributed by atoms with Gasteiger partial charge in [-0.25, -0.2) is 13.1 Å². The fraction of sp³-hybridized carbons (Fsp3) is 0.600. The summed E-state index contributed by atoms with van der Waals surface area (Å²) in [5, 5.41) is 0. The highest BCUT2D eigenvalue weighted by Crippen LogP contribution is 2.22. The Hall–Kier alpha value is -0.470. The van der Waals surface area contributed by atoms with Crippen molar-refractivity contribution in [1.29, 1.82) is 0 Å². The van der Waals surface area contributed by atoms with E-state index in [1.807, 2.05) is 0 Å². The molecule has 0 radical (unpaired) electrons. The van der Waals surface area contributed by atoms with Crippen molar-refractivity contribution in [2.75, 3.05) is 13.7 Å². The van der Waals surface area contributed by atoms with Gasteiger partial charge in [-0.2, -0.15) is 0 Å². The summed E-state index contributed by atoms with van der Waals surface area (Å²) in [6, 6.07) is 3.29. The van der Waals surface area contributed by atoms with Crippen LogP contribution in [0.15, 0.2) is 16.3 Å². The van der Waals surface area contributed by atoms with Crippen molar-refractivity contribution in [1.82, 2.24) is 4.72 Å². The van der Waals surface area contributed by atoms with Crippen LogP contribution >= 0.6 is 11.3 Å².